The van der Waals surface area contributed by atoms with Crippen LogP contribution in [-0.4, -0.2) is 13.6 Å². The monoisotopic (exact) mass is 201 g/mol. The molecule has 80 valence electrons. The fourth-order valence-corrected chi connectivity index (χ4v) is 2.52. The standard InChI is InChI=1S/C14H19N/c1-4-9-14(2)10-11-15(3)13-8-6-5-7-12(13)14/h4-8H,1,9-11H2,2-3H3/t14-/m0/s1. The number of para-hydroxylation sites is 1. The summed E-state index contributed by atoms with van der Waals surface area (Å²) in [5, 5.41) is 0. The van der Waals surface area contributed by atoms with Gasteiger partial charge in [-0.2, -0.15) is 0 Å². The molecule has 1 aliphatic rings. The van der Waals surface area contributed by atoms with E-state index in [1.807, 2.05) is 6.08 Å². The van der Waals surface area contributed by atoms with Crippen LogP contribution in [0, 0.1) is 0 Å². The molecular weight excluding hydrogens is 182 g/mol. The molecule has 1 aromatic carbocycles. The van der Waals surface area contributed by atoms with Crippen LogP contribution in [0.3, 0.4) is 0 Å². The van der Waals surface area contributed by atoms with Gasteiger partial charge in [-0.1, -0.05) is 31.2 Å². The SMILES string of the molecule is C=CC[C@@]1(C)CCN(C)c2ccccc21. The van der Waals surface area contributed by atoms with Crippen molar-refractivity contribution in [2.24, 2.45) is 0 Å². The van der Waals surface area contributed by atoms with Crippen molar-refractivity contribution in [3.8, 4) is 0 Å². The molecular formula is C14H19N. The summed E-state index contributed by atoms with van der Waals surface area (Å²) in [4.78, 5) is 2.35. The number of fused-ring (bicyclic) bond motifs is 1. The van der Waals surface area contributed by atoms with Crippen molar-refractivity contribution >= 4 is 5.69 Å². The molecule has 15 heavy (non-hydrogen) atoms. The summed E-state index contributed by atoms with van der Waals surface area (Å²) in [5.41, 5.74) is 3.14. The predicted molar refractivity (Wildman–Crippen MR) is 66.5 cm³/mol. The topological polar surface area (TPSA) is 3.24 Å². The highest BCUT2D eigenvalue weighted by Crippen LogP contribution is 2.41. The van der Waals surface area contributed by atoms with Crippen LogP contribution in [0.15, 0.2) is 36.9 Å². The van der Waals surface area contributed by atoms with E-state index < -0.39 is 0 Å². The minimum atomic E-state index is 0.283. The molecule has 0 spiro atoms. The average Bonchev–Trinajstić information content (AvgIpc) is 2.25. The van der Waals surface area contributed by atoms with Gasteiger partial charge in [0.15, 0.2) is 0 Å². The maximum absolute atomic E-state index is 3.88. The van der Waals surface area contributed by atoms with Crippen LogP contribution in [0.2, 0.25) is 0 Å². The first-order valence-corrected chi connectivity index (χ1v) is 5.59. The van der Waals surface area contributed by atoms with Crippen LogP contribution in [0.5, 0.6) is 0 Å². The van der Waals surface area contributed by atoms with Gasteiger partial charge in [-0.3, -0.25) is 0 Å². The highest BCUT2D eigenvalue weighted by Gasteiger charge is 2.32. The van der Waals surface area contributed by atoms with E-state index in [0.717, 1.165) is 13.0 Å². The largest absolute Gasteiger partial charge is 0.374 e. The zero-order valence-corrected chi connectivity index (χ0v) is 9.66. The third-order valence-corrected chi connectivity index (χ3v) is 3.56. The van der Waals surface area contributed by atoms with E-state index in [1.54, 1.807) is 0 Å². The molecule has 0 saturated carbocycles. The number of hydrogen-bond acceptors (Lipinski definition) is 1. The van der Waals surface area contributed by atoms with Crippen molar-refractivity contribution in [3.63, 3.8) is 0 Å². The Bertz CT molecular complexity index is 369. The first kappa shape index (κ1) is 10.3. The quantitative estimate of drug-likeness (QED) is 0.663. The Labute approximate surface area is 92.4 Å². The van der Waals surface area contributed by atoms with E-state index >= 15 is 0 Å². The average molecular weight is 201 g/mol. The maximum atomic E-state index is 3.88. The van der Waals surface area contributed by atoms with Crippen LogP contribution < -0.4 is 4.90 Å². The van der Waals surface area contributed by atoms with Gasteiger partial charge in [-0.25, -0.2) is 0 Å². The van der Waals surface area contributed by atoms with Crippen molar-refractivity contribution in [2.75, 3.05) is 18.5 Å². The number of nitrogens with zero attached hydrogens (tertiary/aromatic N) is 1. The highest BCUT2D eigenvalue weighted by molar-refractivity contribution is 5.58. The van der Waals surface area contributed by atoms with Crippen molar-refractivity contribution in [1.82, 2.24) is 0 Å². The van der Waals surface area contributed by atoms with Crippen LogP contribution in [0.25, 0.3) is 0 Å². The fourth-order valence-electron chi connectivity index (χ4n) is 2.52. The molecule has 1 heteroatoms. The fraction of sp³-hybridized carbons (Fsp3) is 0.429. The van der Waals surface area contributed by atoms with Crippen LogP contribution in [0.1, 0.15) is 25.3 Å². The van der Waals surface area contributed by atoms with Gasteiger partial charge >= 0.3 is 0 Å². The molecule has 0 amide bonds. The van der Waals surface area contributed by atoms with Crippen molar-refractivity contribution in [1.29, 1.82) is 0 Å². The Morgan fingerprint density at radius 3 is 2.93 bits per heavy atom. The van der Waals surface area contributed by atoms with Gasteiger partial charge in [0, 0.05) is 19.3 Å². The van der Waals surface area contributed by atoms with Gasteiger partial charge in [-0.15, -0.1) is 6.58 Å². The number of rotatable bonds is 2. The molecule has 0 bridgehead atoms. The van der Waals surface area contributed by atoms with E-state index in [4.69, 9.17) is 0 Å². The lowest BCUT2D eigenvalue weighted by Crippen LogP contribution is -2.36. The molecule has 1 nitrogen and oxygen atoms in total. The second kappa shape index (κ2) is 3.73. The first-order valence-electron chi connectivity index (χ1n) is 5.59. The van der Waals surface area contributed by atoms with Gasteiger partial charge in [-0.05, 0) is 29.9 Å². The third kappa shape index (κ3) is 1.67. The summed E-state index contributed by atoms with van der Waals surface area (Å²) < 4.78 is 0. The number of hydrogen-bond donors (Lipinski definition) is 0. The molecule has 0 aromatic heterocycles. The molecule has 0 unspecified atom stereocenters. The first-order chi connectivity index (χ1) is 7.17. The maximum Gasteiger partial charge on any atom is 0.0401 e. The molecule has 1 atom stereocenters. The van der Waals surface area contributed by atoms with Crippen molar-refractivity contribution in [2.45, 2.75) is 25.2 Å². The zero-order valence-electron chi connectivity index (χ0n) is 9.66. The molecule has 2 rings (SSSR count). The van der Waals surface area contributed by atoms with E-state index in [1.165, 1.54) is 17.7 Å². The normalized spacial score (nSPS) is 24.8. The lowest BCUT2D eigenvalue weighted by molar-refractivity contribution is 0.425. The van der Waals surface area contributed by atoms with Gasteiger partial charge in [0.25, 0.3) is 0 Å². The summed E-state index contributed by atoms with van der Waals surface area (Å²) in [6.45, 7) is 7.37. The lowest BCUT2D eigenvalue weighted by Gasteiger charge is -2.40. The second-order valence-corrected chi connectivity index (χ2v) is 4.74. The zero-order chi connectivity index (χ0) is 10.9. The second-order valence-electron chi connectivity index (χ2n) is 4.74. The summed E-state index contributed by atoms with van der Waals surface area (Å²) in [7, 11) is 2.17. The smallest absolute Gasteiger partial charge is 0.0401 e. The molecule has 1 aliphatic heterocycles. The predicted octanol–water partition coefficient (Wildman–Crippen LogP) is 3.36. The molecule has 1 aromatic rings. The van der Waals surface area contributed by atoms with Crippen molar-refractivity contribution < 1.29 is 0 Å². The van der Waals surface area contributed by atoms with Crippen molar-refractivity contribution in [3.05, 3.63) is 42.5 Å². The molecule has 0 N–H and O–H groups in total. The Morgan fingerprint density at radius 2 is 2.20 bits per heavy atom. The van der Waals surface area contributed by atoms with Gasteiger partial charge in [0.1, 0.15) is 0 Å². The number of anilines is 1. The minimum absolute atomic E-state index is 0.283. The summed E-state index contributed by atoms with van der Waals surface area (Å²) >= 11 is 0. The third-order valence-electron chi connectivity index (χ3n) is 3.56. The molecule has 1 heterocycles. The Hall–Kier alpha value is -1.24. The molecule has 0 fully saturated rings. The van der Waals surface area contributed by atoms with E-state index in [9.17, 15) is 0 Å². The van der Waals surface area contributed by atoms with Crippen LogP contribution in [0.4, 0.5) is 5.69 Å². The Kier molecular flexibility index (Phi) is 2.56. The van der Waals surface area contributed by atoms with Gasteiger partial charge < -0.3 is 4.90 Å². The van der Waals surface area contributed by atoms with E-state index in [-0.39, 0.29) is 5.41 Å². The number of benzene rings is 1. The summed E-state index contributed by atoms with van der Waals surface area (Å²) in [6, 6.07) is 8.73. The molecule has 0 radical (unpaired) electrons. The Morgan fingerprint density at radius 1 is 1.47 bits per heavy atom. The van der Waals surface area contributed by atoms with Crippen LogP contribution >= 0.6 is 0 Å². The molecule has 0 saturated heterocycles. The summed E-state index contributed by atoms with van der Waals surface area (Å²) in [5.74, 6) is 0. The van der Waals surface area contributed by atoms with E-state index in [2.05, 4.69) is 49.7 Å². The summed E-state index contributed by atoms with van der Waals surface area (Å²) in [6.07, 6.45) is 4.33. The highest BCUT2D eigenvalue weighted by atomic mass is 15.1. The minimum Gasteiger partial charge on any atom is -0.374 e. The van der Waals surface area contributed by atoms with Gasteiger partial charge in [0.05, 0.1) is 0 Å². The van der Waals surface area contributed by atoms with E-state index in [0.29, 0.717) is 0 Å². The van der Waals surface area contributed by atoms with Crippen LogP contribution in [-0.2, 0) is 5.41 Å². The van der Waals surface area contributed by atoms with Gasteiger partial charge in [0.2, 0.25) is 0 Å². The Balaban J connectivity index is 2.48. The number of allylic oxidation sites excluding steroid dienone is 1. The molecule has 0 aliphatic carbocycles. The lowest BCUT2D eigenvalue weighted by atomic mass is 9.73.